The van der Waals surface area contributed by atoms with E-state index in [9.17, 15) is 14.4 Å². The molecule has 0 aromatic heterocycles. The third-order valence-corrected chi connectivity index (χ3v) is 5.74. The Labute approximate surface area is 194 Å². The number of nitrogens with one attached hydrogen (secondary N) is 2. The standard InChI is InChI=1S/C22H18ClN3O3S2/c1-14(10-15-6-3-2-4-7-15)11-18-21(29)26(22(30)31-18)13-19(27)24-25-20(28)16-8-5-9-17(23)12-16/h2-12H,13H2,1H3,(H,24,27)(H,25,28). The second kappa shape index (κ2) is 10.4. The lowest BCUT2D eigenvalue weighted by Gasteiger charge is -2.14. The van der Waals surface area contributed by atoms with E-state index in [4.69, 9.17) is 23.8 Å². The van der Waals surface area contributed by atoms with Crippen LogP contribution in [0.2, 0.25) is 5.02 Å². The molecule has 0 bridgehead atoms. The Morgan fingerprint density at radius 3 is 2.58 bits per heavy atom. The van der Waals surface area contributed by atoms with Crippen molar-refractivity contribution in [3.8, 4) is 0 Å². The molecule has 6 nitrogen and oxygen atoms in total. The van der Waals surface area contributed by atoms with Crippen LogP contribution < -0.4 is 10.9 Å². The van der Waals surface area contributed by atoms with Gasteiger partial charge in [-0.3, -0.25) is 30.1 Å². The van der Waals surface area contributed by atoms with Gasteiger partial charge in [-0.25, -0.2) is 0 Å². The number of nitrogens with zero attached hydrogens (tertiary/aromatic N) is 1. The number of thiocarbonyl (C=S) groups is 1. The van der Waals surface area contributed by atoms with Crippen molar-refractivity contribution in [2.45, 2.75) is 6.92 Å². The van der Waals surface area contributed by atoms with Crippen LogP contribution >= 0.6 is 35.6 Å². The minimum Gasteiger partial charge on any atom is -0.283 e. The van der Waals surface area contributed by atoms with Gasteiger partial charge in [0.25, 0.3) is 17.7 Å². The molecule has 0 radical (unpaired) electrons. The lowest BCUT2D eigenvalue weighted by molar-refractivity contribution is -0.129. The van der Waals surface area contributed by atoms with Gasteiger partial charge in [0, 0.05) is 10.6 Å². The Bertz CT molecular complexity index is 1100. The summed E-state index contributed by atoms with van der Waals surface area (Å²) in [6.45, 7) is 1.58. The molecule has 0 atom stereocenters. The first-order valence-corrected chi connectivity index (χ1v) is 10.8. The fraction of sp³-hybridized carbons (Fsp3) is 0.0909. The molecular formula is C22H18ClN3O3S2. The zero-order valence-electron chi connectivity index (χ0n) is 16.4. The molecule has 1 saturated heterocycles. The maximum atomic E-state index is 12.7. The number of carbonyl (C=O) groups excluding carboxylic acids is 3. The topological polar surface area (TPSA) is 78.5 Å². The minimum absolute atomic E-state index is 0.278. The number of hydrogen-bond acceptors (Lipinski definition) is 5. The zero-order chi connectivity index (χ0) is 22.4. The first-order valence-electron chi connectivity index (χ1n) is 9.17. The number of hydrazine groups is 1. The van der Waals surface area contributed by atoms with Crippen LogP contribution in [0.1, 0.15) is 22.8 Å². The highest BCUT2D eigenvalue weighted by Crippen LogP contribution is 2.31. The fourth-order valence-corrected chi connectivity index (χ4v) is 4.20. The minimum atomic E-state index is -0.579. The maximum Gasteiger partial charge on any atom is 0.269 e. The lowest BCUT2D eigenvalue weighted by atomic mass is 10.1. The molecule has 2 aromatic carbocycles. The molecule has 1 aliphatic rings. The quantitative estimate of drug-likeness (QED) is 0.392. The summed E-state index contributed by atoms with van der Waals surface area (Å²) in [6, 6.07) is 16.0. The van der Waals surface area contributed by atoms with Crippen molar-refractivity contribution in [1.82, 2.24) is 15.8 Å². The van der Waals surface area contributed by atoms with Gasteiger partial charge in [0.1, 0.15) is 10.9 Å². The molecule has 1 fully saturated rings. The summed E-state index contributed by atoms with van der Waals surface area (Å²) < 4.78 is 0.278. The zero-order valence-corrected chi connectivity index (χ0v) is 18.8. The lowest BCUT2D eigenvalue weighted by Crippen LogP contribution is -2.47. The first kappa shape index (κ1) is 22.7. The monoisotopic (exact) mass is 471 g/mol. The van der Waals surface area contributed by atoms with Crippen molar-refractivity contribution < 1.29 is 14.4 Å². The number of hydrogen-bond donors (Lipinski definition) is 2. The number of allylic oxidation sites excluding steroid dienone is 2. The fourth-order valence-electron chi connectivity index (χ4n) is 2.71. The van der Waals surface area contributed by atoms with Gasteiger partial charge in [0.2, 0.25) is 0 Å². The van der Waals surface area contributed by atoms with Crippen molar-refractivity contribution in [3.63, 3.8) is 0 Å². The van der Waals surface area contributed by atoms with Crippen LogP contribution in [-0.2, 0) is 9.59 Å². The SMILES string of the molecule is CC(=Cc1ccccc1)C=C1SC(=S)N(CC(=O)NNC(=O)c2cccc(Cl)c2)C1=O. The van der Waals surface area contributed by atoms with Crippen LogP contribution in [0.4, 0.5) is 0 Å². The molecule has 1 heterocycles. The largest absolute Gasteiger partial charge is 0.283 e. The second-order valence-corrected chi connectivity index (χ2v) is 8.69. The first-order chi connectivity index (χ1) is 14.8. The van der Waals surface area contributed by atoms with E-state index in [1.165, 1.54) is 11.0 Å². The molecule has 0 spiro atoms. The van der Waals surface area contributed by atoms with Gasteiger partial charge in [-0.15, -0.1) is 0 Å². The average molecular weight is 472 g/mol. The van der Waals surface area contributed by atoms with Crippen molar-refractivity contribution in [2.24, 2.45) is 0 Å². The van der Waals surface area contributed by atoms with Crippen LogP contribution in [0.15, 0.2) is 71.2 Å². The highest BCUT2D eigenvalue weighted by molar-refractivity contribution is 8.26. The summed E-state index contributed by atoms with van der Waals surface area (Å²) >= 11 is 12.2. The Kier molecular flexibility index (Phi) is 7.62. The second-order valence-electron chi connectivity index (χ2n) is 6.58. The normalized spacial score (nSPS) is 15.4. The summed E-state index contributed by atoms with van der Waals surface area (Å²) in [4.78, 5) is 38.6. The number of rotatable bonds is 5. The van der Waals surface area contributed by atoms with E-state index in [-0.39, 0.29) is 16.8 Å². The van der Waals surface area contributed by atoms with Gasteiger partial charge in [0.05, 0.1) is 4.91 Å². The molecule has 0 aliphatic carbocycles. The van der Waals surface area contributed by atoms with Gasteiger partial charge in [-0.2, -0.15) is 0 Å². The maximum absolute atomic E-state index is 12.7. The Morgan fingerprint density at radius 2 is 1.87 bits per heavy atom. The van der Waals surface area contributed by atoms with Crippen molar-refractivity contribution in [1.29, 1.82) is 0 Å². The third kappa shape index (κ3) is 6.27. The highest BCUT2D eigenvalue weighted by atomic mass is 35.5. The molecule has 0 unspecified atom stereocenters. The van der Waals surface area contributed by atoms with E-state index in [2.05, 4.69) is 10.9 Å². The van der Waals surface area contributed by atoms with Crippen molar-refractivity contribution >= 4 is 63.7 Å². The van der Waals surface area contributed by atoms with Gasteiger partial charge >= 0.3 is 0 Å². The van der Waals surface area contributed by atoms with Crippen LogP contribution in [0.25, 0.3) is 6.08 Å². The highest BCUT2D eigenvalue weighted by Gasteiger charge is 2.33. The smallest absolute Gasteiger partial charge is 0.269 e. The number of benzene rings is 2. The summed E-state index contributed by atoms with van der Waals surface area (Å²) in [6.07, 6.45) is 3.69. The predicted molar refractivity (Wildman–Crippen MR) is 127 cm³/mol. The molecule has 2 aromatic rings. The molecule has 3 amide bonds. The van der Waals surface area contributed by atoms with Gasteiger partial charge in [-0.1, -0.05) is 78.1 Å². The molecule has 158 valence electrons. The van der Waals surface area contributed by atoms with Crippen LogP contribution in [0.3, 0.4) is 0 Å². The number of amides is 3. The van der Waals surface area contributed by atoms with E-state index in [0.29, 0.717) is 15.5 Å². The predicted octanol–water partition coefficient (Wildman–Crippen LogP) is 3.95. The molecule has 3 rings (SSSR count). The average Bonchev–Trinajstić information content (AvgIpc) is 3.00. The molecule has 2 N–H and O–H groups in total. The summed E-state index contributed by atoms with van der Waals surface area (Å²) in [5.74, 6) is -1.46. The van der Waals surface area contributed by atoms with E-state index in [1.807, 2.05) is 43.3 Å². The van der Waals surface area contributed by atoms with Crippen molar-refractivity contribution in [3.05, 3.63) is 87.3 Å². The summed E-state index contributed by atoms with van der Waals surface area (Å²) in [7, 11) is 0. The van der Waals surface area contributed by atoms with Gasteiger partial charge in [-0.05, 0) is 42.3 Å². The molecule has 0 saturated carbocycles. The summed E-state index contributed by atoms with van der Waals surface area (Å²) in [5.41, 5.74) is 6.76. The molecule has 31 heavy (non-hydrogen) atoms. The summed E-state index contributed by atoms with van der Waals surface area (Å²) in [5, 5.41) is 0.403. The van der Waals surface area contributed by atoms with Gasteiger partial charge in [0.15, 0.2) is 0 Å². The molecular weight excluding hydrogens is 454 g/mol. The van der Waals surface area contributed by atoms with E-state index in [1.54, 1.807) is 24.3 Å². The van der Waals surface area contributed by atoms with Crippen LogP contribution in [-0.4, -0.2) is 33.5 Å². The number of halogens is 1. The number of thioether (sulfide) groups is 1. The van der Waals surface area contributed by atoms with Crippen LogP contribution in [0.5, 0.6) is 0 Å². The third-order valence-electron chi connectivity index (χ3n) is 4.13. The van der Waals surface area contributed by atoms with E-state index >= 15 is 0 Å². The van der Waals surface area contributed by atoms with E-state index in [0.717, 1.165) is 22.9 Å². The van der Waals surface area contributed by atoms with Crippen LogP contribution in [0, 0.1) is 0 Å². The van der Waals surface area contributed by atoms with E-state index < -0.39 is 11.8 Å². The molecule has 1 aliphatic heterocycles. The Balaban J connectivity index is 1.58. The number of carbonyl (C=O) groups is 3. The van der Waals surface area contributed by atoms with Crippen molar-refractivity contribution in [2.75, 3.05) is 6.54 Å². The Morgan fingerprint density at radius 1 is 1.13 bits per heavy atom. The van der Waals surface area contributed by atoms with Gasteiger partial charge < -0.3 is 0 Å². The molecule has 9 heteroatoms. The Hall–Kier alpha value is -2.94.